The van der Waals surface area contributed by atoms with Gasteiger partial charge in [-0.25, -0.2) is 0 Å². The summed E-state index contributed by atoms with van der Waals surface area (Å²) in [7, 11) is 3.10. The van der Waals surface area contributed by atoms with Crippen molar-refractivity contribution in [1.82, 2.24) is 15.1 Å². The summed E-state index contributed by atoms with van der Waals surface area (Å²) < 4.78 is 15.8. The summed E-state index contributed by atoms with van der Waals surface area (Å²) in [6, 6.07) is 6.93. The number of methoxy groups -OCH3 is 2. The van der Waals surface area contributed by atoms with E-state index in [1.165, 1.54) is 6.26 Å². The van der Waals surface area contributed by atoms with Gasteiger partial charge in [0.15, 0.2) is 5.76 Å². The van der Waals surface area contributed by atoms with Crippen molar-refractivity contribution in [1.29, 1.82) is 0 Å². The van der Waals surface area contributed by atoms with Crippen LogP contribution in [0.3, 0.4) is 0 Å². The number of rotatable bonds is 6. The monoisotopic (exact) mass is 483 g/mol. The number of hydrogen-bond donors (Lipinski definition) is 1. The Morgan fingerprint density at radius 1 is 0.914 bits per heavy atom. The largest absolute Gasteiger partial charge is 0.497 e. The minimum absolute atomic E-state index is 0.0235. The molecule has 0 atom stereocenters. The van der Waals surface area contributed by atoms with Crippen molar-refractivity contribution in [2.24, 2.45) is 5.92 Å². The first-order chi connectivity index (χ1) is 16.9. The smallest absolute Gasteiger partial charge is 0.287 e. The van der Waals surface area contributed by atoms with Crippen molar-refractivity contribution in [3.05, 3.63) is 47.4 Å². The van der Waals surface area contributed by atoms with Gasteiger partial charge in [-0.2, -0.15) is 0 Å². The van der Waals surface area contributed by atoms with E-state index in [9.17, 15) is 14.4 Å². The lowest BCUT2D eigenvalue weighted by molar-refractivity contribution is -0.138. The zero-order chi connectivity index (χ0) is 24.9. The van der Waals surface area contributed by atoms with E-state index in [0.717, 1.165) is 5.56 Å². The molecule has 3 amide bonds. The average Bonchev–Trinajstić information content (AvgIpc) is 3.34. The van der Waals surface area contributed by atoms with Gasteiger partial charge >= 0.3 is 0 Å². The van der Waals surface area contributed by atoms with Gasteiger partial charge in [-0.15, -0.1) is 0 Å². The SMILES string of the molecule is COc1cc(OC)cc(C(=O)N2CCC(C(=O)N3CCC(NC(=O)c4occc4C)CC3)CC2)c1. The molecule has 2 saturated heterocycles. The molecule has 9 heteroatoms. The molecule has 0 spiro atoms. The lowest BCUT2D eigenvalue weighted by Gasteiger charge is -2.37. The Bertz CT molecular complexity index is 1040. The molecule has 2 fully saturated rings. The van der Waals surface area contributed by atoms with Crippen molar-refractivity contribution >= 4 is 17.7 Å². The maximum Gasteiger partial charge on any atom is 0.287 e. The van der Waals surface area contributed by atoms with Gasteiger partial charge in [-0.3, -0.25) is 14.4 Å². The highest BCUT2D eigenvalue weighted by Gasteiger charge is 2.33. The number of amides is 3. The van der Waals surface area contributed by atoms with Crippen LogP contribution in [-0.4, -0.2) is 74.0 Å². The second-order valence-corrected chi connectivity index (χ2v) is 9.17. The molecule has 188 valence electrons. The fourth-order valence-corrected chi connectivity index (χ4v) is 4.80. The molecule has 3 heterocycles. The first-order valence-electron chi connectivity index (χ1n) is 12.1. The standard InChI is InChI=1S/C26H33N3O6/c1-17-8-13-35-23(17)24(30)27-20-6-11-29(12-7-20)25(31)18-4-9-28(10-5-18)26(32)19-14-21(33-2)16-22(15-19)34-3/h8,13-16,18,20H,4-7,9-12H2,1-3H3,(H,27,30). The summed E-state index contributed by atoms with van der Waals surface area (Å²) in [4.78, 5) is 42.2. The minimum atomic E-state index is -0.206. The molecule has 1 N–H and O–H groups in total. The van der Waals surface area contributed by atoms with Gasteiger partial charge in [-0.1, -0.05) is 0 Å². The molecule has 35 heavy (non-hydrogen) atoms. The first-order valence-corrected chi connectivity index (χ1v) is 12.1. The molecule has 4 rings (SSSR count). The van der Waals surface area contributed by atoms with E-state index in [4.69, 9.17) is 13.9 Å². The summed E-state index contributed by atoms with van der Waals surface area (Å²) in [5.74, 6) is 1.24. The number of likely N-dealkylation sites (tertiary alicyclic amines) is 2. The summed E-state index contributed by atoms with van der Waals surface area (Å²) in [6.45, 7) is 4.13. The molecule has 0 unspecified atom stereocenters. The van der Waals surface area contributed by atoms with E-state index >= 15 is 0 Å². The number of aryl methyl sites for hydroxylation is 1. The second kappa shape index (κ2) is 10.8. The first kappa shape index (κ1) is 24.6. The Morgan fingerprint density at radius 3 is 2.06 bits per heavy atom. The van der Waals surface area contributed by atoms with Gasteiger partial charge in [0.05, 0.1) is 20.5 Å². The molecule has 2 aliphatic rings. The topological polar surface area (TPSA) is 101 Å². The number of nitrogens with zero attached hydrogens (tertiary/aromatic N) is 2. The van der Waals surface area contributed by atoms with Gasteiger partial charge in [-0.05, 0) is 50.8 Å². The van der Waals surface area contributed by atoms with Crippen LogP contribution < -0.4 is 14.8 Å². The number of carbonyl (C=O) groups is 3. The Morgan fingerprint density at radius 2 is 1.51 bits per heavy atom. The lowest BCUT2D eigenvalue weighted by atomic mass is 9.93. The summed E-state index contributed by atoms with van der Waals surface area (Å²) in [5.41, 5.74) is 1.32. The minimum Gasteiger partial charge on any atom is -0.497 e. The van der Waals surface area contributed by atoms with E-state index in [1.54, 1.807) is 43.4 Å². The van der Waals surface area contributed by atoms with Gasteiger partial charge in [0.2, 0.25) is 5.91 Å². The van der Waals surface area contributed by atoms with Crippen LogP contribution in [0, 0.1) is 12.8 Å². The Kier molecular flexibility index (Phi) is 7.63. The van der Waals surface area contributed by atoms with Crippen molar-refractivity contribution in [3.63, 3.8) is 0 Å². The zero-order valence-electron chi connectivity index (χ0n) is 20.5. The van der Waals surface area contributed by atoms with Crippen LogP contribution in [0.1, 0.15) is 52.2 Å². The maximum absolute atomic E-state index is 13.1. The molecular formula is C26H33N3O6. The highest BCUT2D eigenvalue weighted by atomic mass is 16.5. The number of ether oxygens (including phenoxy) is 2. The van der Waals surface area contributed by atoms with Crippen molar-refractivity contribution in [3.8, 4) is 11.5 Å². The van der Waals surface area contributed by atoms with Gasteiger partial charge in [0.1, 0.15) is 11.5 Å². The van der Waals surface area contributed by atoms with E-state index in [2.05, 4.69) is 5.32 Å². The third kappa shape index (κ3) is 5.61. The number of furan rings is 1. The third-order valence-electron chi connectivity index (χ3n) is 6.94. The number of benzene rings is 1. The molecule has 0 radical (unpaired) electrons. The zero-order valence-corrected chi connectivity index (χ0v) is 20.5. The Balaban J connectivity index is 1.25. The highest BCUT2D eigenvalue weighted by molar-refractivity contribution is 5.95. The highest BCUT2D eigenvalue weighted by Crippen LogP contribution is 2.27. The van der Waals surface area contributed by atoms with E-state index < -0.39 is 0 Å². The fourth-order valence-electron chi connectivity index (χ4n) is 4.80. The molecule has 2 aromatic rings. The van der Waals surface area contributed by atoms with Gasteiger partial charge in [0, 0.05) is 55.3 Å². The average molecular weight is 484 g/mol. The summed E-state index contributed by atoms with van der Waals surface area (Å²) in [6.07, 6.45) is 4.22. The molecule has 0 aliphatic carbocycles. The van der Waals surface area contributed by atoms with Crippen LogP contribution in [0.5, 0.6) is 11.5 Å². The van der Waals surface area contributed by atoms with Gasteiger partial charge < -0.3 is 29.0 Å². The van der Waals surface area contributed by atoms with Crippen molar-refractivity contribution in [2.45, 2.75) is 38.6 Å². The summed E-state index contributed by atoms with van der Waals surface area (Å²) >= 11 is 0. The van der Waals surface area contributed by atoms with Crippen LogP contribution in [0.25, 0.3) is 0 Å². The van der Waals surface area contributed by atoms with E-state index in [1.807, 2.05) is 11.8 Å². The number of carbonyl (C=O) groups excluding carboxylic acids is 3. The maximum atomic E-state index is 13.1. The molecule has 1 aromatic carbocycles. The van der Waals surface area contributed by atoms with Crippen molar-refractivity contribution in [2.75, 3.05) is 40.4 Å². The second-order valence-electron chi connectivity index (χ2n) is 9.17. The number of nitrogens with one attached hydrogen (secondary N) is 1. The fraction of sp³-hybridized carbons (Fsp3) is 0.500. The van der Waals surface area contributed by atoms with Gasteiger partial charge in [0.25, 0.3) is 11.8 Å². The van der Waals surface area contributed by atoms with E-state index in [-0.39, 0.29) is 29.7 Å². The van der Waals surface area contributed by atoms with Crippen LogP contribution in [0.4, 0.5) is 0 Å². The molecular weight excluding hydrogens is 450 g/mol. The lowest BCUT2D eigenvalue weighted by Crippen LogP contribution is -2.50. The predicted octanol–water partition coefficient (Wildman–Crippen LogP) is 2.88. The quantitative estimate of drug-likeness (QED) is 0.678. The molecule has 0 saturated carbocycles. The number of hydrogen-bond acceptors (Lipinski definition) is 6. The predicted molar refractivity (Wildman–Crippen MR) is 129 cm³/mol. The normalized spacial score (nSPS) is 17.2. The van der Waals surface area contributed by atoms with E-state index in [0.29, 0.717) is 74.7 Å². The molecule has 9 nitrogen and oxygen atoms in total. The van der Waals surface area contributed by atoms with Crippen LogP contribution >= 0.6 is 0 Å². The van der Waals surface area contributed by atoms with Crippen LogP contribution in [-0.2, 0) is 4.79 Å². The van der Waals surface area contributed by atoms with Crippen LogP contribution in [0.2, 0.25) is 0 Å². The van der Waals surface area contributed by atoms with Crippen molar-refractivity contribution < 1.29 is 28.3 Å². The Hall–Kier alpha value is -3.49. The Labute approximate surface area is 205 Å². The summed E-state index contributed by atoms with van der Waals surface area (Å²) in [5, 5.41) is 3.02. The molecule has 0 bridgehead atoms. The molecule has 2 aliphatic heterocycles. The van der Waals surface area contributed by atoms with Crippen LogP contribution in [0.15, 0.2) is 34.9 Å². The third-order valence-corrected chi connectivity index (χ3v) is 6.94. The molecule has 1 aromatic heterocycles. The number of piperidine rings is 2.